The average molecular weight is 269 g/mol. The van der Waals surface area contributed by atoms with Crippen molar-refractivity contribution in [1.82, 2.24) is 0 Å². The van der Waals surface area contributed by atoms with Crippen LogP contribution in [0.1, 0.15) is 23.6 Å². The van der Waals surface area contributed by atoms with Crippen LogP contribution in [-0.4, -0.2) is 19.2 Å². The number of carbonyl (C=O) groups is 1. The van der Waals surface area contributed by atoms with E-state index in [1.807, 2.05) is 6.07 Å². The Morgan fingerprint density at radius 2 is 2.16 bits per heavy atom. The third-order valence-corrected chi connectivity index (χ3v) is 2.38. The first kappa shape index (κ1) is 14.9. The van der Waals surface area contributed by atoms with Crippen LogP contribution in [-0.2, 0) is 16.0 Å². The molecule has 0 saturated heterocycles. The van der Waals surface area contributed by atoms with Crippen molar-refractivity contribution in [2.75, 3.05) is 6.61 Å². The van der Waals surface area contributed by atoms with E-state index in [0.717, 1.165) is 0 Å². The van der Waals surface area contributed by atoms with Gasteiger partial charge in [0.2, 0.25) is 0 Å². The predicted molar refractivity (Wildman–Crippen MR) is 62.9 cm³/mol. The van der Waals surface area contributed by atoms with Gasteiger partial charge in [-0.1, -0.05) is 0 Å². The molecule has 0 radical (unpaired) electrons. The van der Waals surface area contributed by atoms with Crippen LogP contribution < -0.4 is 4.74 Å². The lowest BCUT2D eigenvalue weighted by Crippen LogP contribution is -2.10. The monoisotopic (exact) mass is 269 g/mol. The van der Waals surface area contributed by atoms with E-state index in [1.54, 1.807) is 13.8 Å². The molecule has 0 bridgehead atoms. The van der Waals surface area contributed by atoms with Crippen molar-refractivity contribution in [3.63, 3.8) is 0 Å². The maximum absolute atomic E-state index is 12.2. The highest BCUT2D eigenvalue weighted by molar-refractivity contribution is 5.74. The molecule has 0 fully saturated rings. The number of nitrogens with zero attached hydrogens (tertiary/aromatic N) is 1. The minimum Gasteiger partial charge on any atom is -0.466 e. The van der Waals surface area contributed by atoms with E-state index < -0.39 is 12.6 Å². The van der Waals surface area contributed by atoms with Gasteiger partial charge in [0.25, 0.3) is 0 Å². The zero-order valence-corrected chi connectivity index (χ0v) is 10.6. The summed E-state index contributed by atoms with van der Waals surface area (Å²) in [6.07, 6.45) is -0.156. The maximum Gasteiger partial charge on any atom is 0.387 e. The number of aryl methyl sites for hydroxylation is 1. The van der Waals surface area contributed by atoms with Crippen LogP contribution in [0.4, 0.5) is 8.78 Å². The van der Waals surface area contributed by atoms with Gasteiger partial charge in [0.1, 0.15) is 5.75 Å². The van der Waals surface area contributed by atoms with Crippen molar-refractivity contribution in [1.29, 1.82) is 5.26 Å². The van der Waals surface area contributed by atoms with Crippen LogP contribution >= 0.6 is 0 Å². The molecule has 1 aromatic carbocycles. The van der Waals surface area contributed by atoms with Crippen LogP contribution in [0.25, 0.3) is 0 Å². The van der Waals surface area contributed by atoms with Crippen molar-refractivity contribution < 1.29 is 23.0 Å². The first-order valence-corrected chi connectivity index (χ1v) is 5.62. The molecule has 0 unspecified atom stereocenters. The zero-order valence-electron chi connectivity index (χ0n) is 10.6. The number of hydrogen-bond acceptors (Lipinski definition) is 4. The van der Waals surface area contributed by atoms with E-state index in [0.29, 0.717) is 11.1 Å². The Kier molecular flexibility index (Phi) is 5.24. The predicted octanol–water partition coefficient (Wildman–Crippen LogP) is 2.57. The van der Waals surface area contributed by atoms with Gasteiger partial charge in [0.15, 0.2) is 0 Å². The molecule has 0 saturated carbocycles. The fourth-order valence-corrected chi connectivity index (χ4v) is 1.57. The molecule has 0 aromatic heterocycles. The molecule has 102 valence electrons. The molecular weight excluding hydrogens is 256 g/mol. The molecule has 0 spiro atoms. The Morgan fingerprint density at radius 3 is 2.68 bits per heavy atom. The smallest absolute Gasteiger partial charge is 0.387 e. The first-order valence-electron chi connectivity index (χ1n) is 5.62. The Balaban J connectivity index is 3.07. The van der Waals surface area contributed by atoms with Crippen molar-refractivity contribution in [3.8, 4) is 11.8 Å². The summed E-state index contributed by atoms with van der Waals surface area (Å²) < 4.78 is 33.5. The molecule has 1 rings (SSSR count). The van der Waals surface area contributed by atoms with Crippen molar-refractivity contribution in [2.24, 2.45) is 0 Å². The van der Waals surface area contributed by atoms with Gasteiger partial charge >= 0.3 is 12.6 Å². The number of hydrogen-bond donors (Lipinski definition) is 0. The highest BCUT2D eigenvalue weighted by Crippen LogP contribution is 2.25. The van der Waals surface area contributed by atoms with E-state index in [2.05, 4.69) is 4.74 Å². The van der Waals surface area contributed by atoms with Gasteiger partial charge in [0, 0.05) is 0 Å². The molecule has 0 aliphatic rings. The first-order chi connectivity index (χ1) is 8.97. The molecule has 0 aliphatic carbocycles. The van der Waals surface area contributed by atoms with Gasteiger partial charge in [-0.05, 0) is 37.1 Å². The Morgan fingerprint density at radius 1 is 1.47 bits per heavy atom. The van der Waals surface area contributed by atoms with Crippen molar-refractivity contribution >= 4 is 5.97 Å². The normalized spacial score (nSPS) is 10.1. The number of alkyl halides is 2. The summed E-state index contributed by atoms with van der Waals surface area (Å²) in [5.74, 6) is -0.570. The summed E-state index contributed by atoms with van der Waals surface area (Å²) in [6, 6.07) is 4.60. The molecule has 0 N–H and O–H groups in total. The average Bonchev–Trinajstić information content (AvgIpc) is 2.32. The molecule has 0 heterocycles. The Hall–Kier alpha value is -2.16. The molecule has 0 aliphatic heterocycles. The van der Waals surface area contributed by atoms with Crippen LogP contribution in [0.3, 0.4) is 0 Å². The number of ether oxygens (including phenoxy) is 2. The summed E-state index contributed by atoms with van der Waals surface area (Å²) in [6.45, 7) is 0.463. The number of halogens is 2. The van der Waals surface area contributed by atoms with Gasteiger partial charge in [-0.15, -0.1) is 0 Å². The van der Waals surface area contributed by atoms with Crippen LogP contribution in [0.5, 0.6) is 5.75 Å². The molecule has 1 aromatic rings. The largest absolute Gasteiger partial charge is 0.466 e. The summed E-state index contributed by atoms with van der Waals surface area (Å²) in [7, 11) is 0. The molecular formula is C13H13F2NO3. The minimum absolute atomic E-state index is 0.0479. The number of rotatable bonds is 5. The van der Waals surface area contributed by atoms with E-state index in [-0.39, 0.29) is 24.3 Å². The van der Waals surface area contributed by atoms with Gasteiger partial charge in [0.05, 0.1) is 24.7 Å². The van der Waals surface area contributed by atoms with E-state index in [4.69, 9.17) is 10.00 Å². The standard InChI is InChI=1S/C13H13F2NO3/c1-3-18-12(17)6-9-5-11(19-13(14)15)8(2)4-10(9)7-16/h4-5,13H,3,6H2,1-2H3. The quantitative estimate of drug-likeness (QED) is 0.771. The topological polar surface area (TPSA) is 59.3 Å². The third-order valence-electron chi connectivity index (χ3n) is 2.38. The second-order valence-corrected chi connectivity index (χ2v) is 3.75. The lowest BCUT2D eigenvalue weighted by atomic mass is 10.0. The van der Waals surface area contributed by atoms with Crippen molar-refractivity contribution in [2.45, 2.75) is 26.9 Å². The lowest BCUT2D eigenvalue weighted by Gasteiger charge is -2.11. The minimum atomic E-state index is -2.96. The SMILES string of the molecule is CCOC(=O)Cc1cc(OC(F)F)c(C)cc1C#N. The van der Waals surface area contributed by atoms with Gasteiger partial charge < -0.3 is 9.47 Å². The Bertz CT molecular complexity index is 509. The number of nitriles is 1. The summed E-state index contributed by atoms with van der Waals surface area (Å²) in [5.41, 5.74) is 0.957. The molecule has 19 heavy (non-hydrogen) atoms. The summed E-state index contributed by atoms with van der Waals surface area (Å²) in [5, 5.41) is 8.97. The number of esters is 1. The van der Waals surface area contributed by atoms with E-state index >= 15 is 0 Å². The summed E-state index contributed by atoms with van der Waals surface area (Å²) in [4.78, 5) is 11.4. The van der Waals surface area contributed by atoms with Gasteiger partial charge in [-0.25, -0.2) is 0 Å². The highest BCUT2D eigenvalue weighted by atomic mass is 19.3. The van der Waals surface area contributed by atoms with E-state index in [9.17, 15) is 13.6 Å². The molecule has 4 nitrogen and oxygen atoms in total. The van der Waals surface area contributed by atoms with Crippen LogP contribution in [0.2, 0.25) is 0 Å². The Labute approximate surface area is 109 Å². The molecule has 6 heteroatoms. The number of carbonyl (C=O) groups excluding carboxylic acids is 1. The molecule has 0 amide bonds. The van der Waals surface area contributed by atoms with Crippen LogP contribution in [0.15, 0.2) is 12.1 Å². The summed E-state index contributed by atoms with van der Waals surface area (Å²) >= 11 is 0. The third kappa shape index (κ3) is 4.21. The fourth-order valence-electron chi connectivity index (χ4n) is 1.57. The lowest BCUT2D eigenvalue weighted by molar-refractivity contribution is -0.142. The van der Waals surface area contributed by atoms with Gasteiger partial charge in [-0.2, -0.15) is 14.0 Å². The maximum atomic E-state index is 12.2. The number of benzene rings is 1. The fraction of sp³-hybridized carbons (Fsp3) is 0.385. The second kappa shape index (κ2) is 6.69. The second-order valence-electron chi connectivity index (χ2n) is 3.75. The van der Waals surface area contributed by atoms with E-state index in [1.165, 1.54) is 12.1 Å². The zero-order chi connectivity index (χ0) is 14.4. The van der Waals surface area contributed by atoms with Gasteiger partial charge in [-0.3, -0.25) is 4.79 Å². The van der Waals surface area contributed by atoms with Crippen LogP contribution in [0, 0.1) is 18.3 Å². The van der Waals surface area contributed by atoms with Crippen molar-refractivity contribution in [3.05, 3.63) is 28.8 Å². The molecule has 0 atom stereocenters. The highest BCUT2D eigenvalue weighted by Gasteiger charge is 2.14.